The first-order valence-electron chi connectivity index (χ1n) is 17.3. The van der Waals surface area contributed by atoms with Crippen molar-refractivity contribution >= 4 is 40.9 Å². The molecule has 1 saturated carbocycles. The van der Waals surface area contributed by atoms with Crippen LogP contribution >= 0.6 is 0 Å². The summed E-state index contributed by atoms with van der Waals surface area (Å²) in [4.78, 5) is 52.2. The molecule has 1 atom stereocenters. The van der Waals surface area contributed by atoms with Crippen LogP contribution in [0.4, 0.5) is 23.1 Å². The lowest BCUT2D eigenvalue weighted by molar-refractivity contribution is -0.131. The lowest BCUT2D eigenvalue weighted by Crippen LogP contribution is -2.55. The molecule has 0 unspecified atom stereocenters. The Bertz CT molecular complexity index is 1470. The van der Waals surface area contributed by atoms with Crippen LogP contribution in [0.15, 0.2) is 36.5 Å². The second-order valence-electron chi connectivity index (χ2n) is 12.6. The number of fused-ring (bicyclic) bond motifs is 1. The van der Waals surface area contributed by atoms with Gasteiger partial charge in [-0.1, -0.05) is 25.8 Å². The molecule has 0 radical (unpaired) electrons. The second kappa shape index (κ2) is 17.4. The third-order valence-electron chi connectivity index (χ3n) is 9.39. The van der Waals surface area contributed by atoms with Crippen molar-refractivity contribution in [1.82, 2.24) is 20.2 Å². The van der Waals surface area contributed by atoms with Crippen LogP contribution in [0.25, 0.3) is 0 Å². The minimum Gasteiger partial charge on any atom is -0.495 e. The first-order chi connectivity index (χ1) is 23.8. The summed E-state index contributed by atoms with van der Waals surface area (Å²) in [5.41, 5.74) is 1.76. The van der Waals surface area contributed by atoms with Gasteiger partial charge < -0.3 is 39.8 Å². The molecule has 2 aliphatic heterocycles. The third kappa shape index (κ3) is 9.25. The van der Waals surface area contributed by atoms with E-state index in [1.807, 2.05) is 6.92 Å². The highest BCUT2D eigenvalue weighted by Gasteiger charge is 2.41. The van der Waals surface area contributed by atoms with Gasteiger partial charge in [0, 0.05) is 50.9 Å². The van der Waals surface area contributed by atoms with Crippen LogP contribution in [-0.4, -0.2) is 116 Å². The van der Waals surface area contributed by atoms with Gasteiger partial charge in [-0.15, -0.1) is 0 Å². The molecule has 3 N–H and O–H groups in total. The number of nitrogens with zero attached hydrogens (tertiary/aromatic N) is 5. The smallest absolute Gasteiger partial charge is 0.328 e. The molecule has 1 saturated heterocycles. The fraction of sp³-hybridized carbons (Fsp3) is 0.571. The van der Waals surface area contributed by atoms with E-state index in [2.05, 4.69) is 25.4 Å². The van der Waals surface area contributed by atoms with Crippen LogP contribution in [0.2, 0.25) is 0 Å². The van der Waals surface area contributed by atoms with Crippen molar-refractivity contribution in [2.45, 2.75) is 70.1 Å². The zero-order chi connectivity index (χ0) is 34.8. The van der Waals surface area contributed by atoms with Crippen molar-refractivity contribution in [3.05, 3.63) is 42.1 Å². The number of benzene rings is 1. The van der Waals surface area contributed by atoms with Crippen LogP contribution < -0.4 is 25.2 Å². The van der Waals surface area contributed by atoms with Gasteiger partial charge in [-0.25, -0.2) is 9.78 Å². The minimum absolute atomic E-state index is 0.0665. The van der Waals surface area contributed by atoms with Crippen molar-refractivity contribution in [1.29, 1.82) is 0 Å². The van der Waals surface area contributed by atoms with E-state index < -0.39 is 5.97 Å². The molecule has 1 aromatic heterocycles. The van der Waals surface area contributed by atoms with Gasteiger partial charge in [0.2, 0.25) is 11.9 Å². The maximum atomic E-state index is 13.2. The van der Waals surface area contributed by atoms with Crippen LogP contribution in [0, 0.1) is 0 Å². The average molecular weight is 680 g/mol. The van der Waals surface area contributed by atoms with E-state index in [-0.39, 0.29) is 30.0 Å². The first kappa shape index (κ1) is 36.0. The van der Waals surface area contributed by atoms with Crippen molar-refractivity contribution in [3.8, 4) is 5.75 Å². The molecule has 14 nitrogen and oxygen atoms in total. The predicted octanol–water partition coefficient (Wildman–Crippen LogP) is 3.60. The summed E-state index contributed by atoms with van der Waals surface area (Å²) in [5.74, 6) is 0.501. The number of carboxylic acid groups (broad SMARTS) is 1. The van der Waals surface area contributed by atoms with Gasteiger partial charge >= 0.3 is 5.97 Å². The summed E-state index contributed by atoms with van der Waals surface area (Å²) in [6.07, 6.45) is 11.6. The van der Waals surface area contributed by atoms with Gasteiger partial charge in [0.1, 0.15) is 17.5 Å². The molecule has 2 fully saturated rings. The lowest BCUT2D eigenvalue weighted by atomic mass is 10.0. The Labute approximate surface area is 287 Å². The number of carboxylic acids is 1. The van der Waals surface area contributed by atoms with Crippen LogP contribution in [0.1, 0.15) is 62.2 Å². The molecule has 3 aliphatic rings. The normalized spacial score (nSPS) is 19.0. The maximum Gasteiger partial charge on any atom is 0.328 e. The minimum atomic E-state index is -0.927. The van der Waals surface area contributed by atoms with Crippen LogP contribution in [-0.2, 0) is 19.1 Å². The monoisotopic (exact) mass is 679 g/mol. The highest BCUT2D eigenvalue weighted by molar-refractivity contribution is 6.04. The summed E-state index contributed by atoms with van der Waals surface area (Å²) in [7, 11) is 3.32. The largest absolute Gasteiger partial charge is 0.495 e. The molecule has 2 amide bonds. The zero-order valence-corrected chi connectivity index (χ0v) is 28.7. The van der Waals surface area contributed by atoms with E-state index in [0.29, 0.717) is 68.0 Å². The van der Waals surface area contributed by atoms with E-state index in [4.69, 9.17) is 24.3 Å². The number of piperidine rings is 1. The Hall–Kier alpha value is -4.27. The van der Waals surface area contributed by atoms with Crippen molar-refractivity contribution < 1.29 is 33.7 Å². The Morgan fingerprint density at radius 2 is 1.88 bits per heavy atom. The molecule has 5 rings (SSSR count). The number of likely N-dealkylation sites (N-methyl/N-ethyl adjacent to an activating group) is 1. The van der Waals surface area contributed by atoms with E-state index in [1.165, 1.54) is 6.08 Å². The molecule has 266 valence electrons. The molecule has 1 aliphatic carbocycles. The third-order valence-corrected chi connectivity index (χ3v) is 9.39. The number of hydrogen-bond donors (Lipinski definition) is 3. The number of carbonyl (C=O) groups excluding carboxylic acids is 2. The lowest BCUT2D eigenvalue weighted by Gasteiger charge is -2.43. The fourth-order valence-electron chi connectivity index (χ4n) is 6.78. The molecule has 0 spiro atoms. The number of hydrogen-bond acceptors (Lipinski definition) is 11. The van der Waals surface area contributed by atoms with Crippen molar-refractivity contribution in [2.75, 3.05) is 75.3 Å². The number of anilines is 4. The number of aromatic nitrogens is 2. The summed E-state index contributed by atoms with van der Waals surface area (Å²) in [6, 6.07) is 5.16. The number of carbonyl (C=O) groups is 3. The summed E-state index contributed by atoms with van der Waals surface area (Å²) >= 11 is 0. The van der Waals surface area contributed by atoms with Gasteiger partial charge in [0.15, 0.2) is 5.82 Å². The molecule has 3 heterocycles. The number of likely N-dealkylation sites (tertiary alicyclic amines) is 1. The molecule has 1 aromatic carbocycles. The van der Waals surface area contributed by atoms with Crippen LogP contribution in [0.3, 0.4) is 0 Å². The maximum absolute atomic E-state index is 13.2. The number of amides is 2. The number of methoxy groups -OCH3 is 1. The van der Waals surface area contributed by atoms with Gasteiger partial charge in [0.05, 0.1) is 44.9 Å². The van der Waals surface area contributed by atoms with Gasteiger partial charge in [-0.05, 0) is 50.3 Å². The highest BCUT2D eigenvalue weighted by Crippen LogP contribution is 2.40. The van der Waals surface area contributed by atoms with Gasteiger partial charge in [-0.3, -0.25) is 14.5 Å². The van der Waals surface area contributed by atoms with Crippen molar-refractivity contribution in [3.63, 3.8) is 0 Å². The zero-order valence-electron chi connectivity index (χ0n) is 28.7. The van der Waals surface area contributed by atoms with E-state index in [1.54, 1.807) is 49.5 Å². The molecule has 49 heavy (non-hydrogen) atoms. The second-order valence-corrected chi connectivity index (χ2v) is 12.6. The van der Waals surface area contributed by atoms with E-state index >= 15 is 0 Å². The topological polar surface area (TPSA) is 159 Å². The molecule has 14 heteroatoms. The van der Waals surface area contributed by atoms with Crippen LogP contribution in [0.5, 0.6) is 5.75 Å². The first-order valence-corrected chi connectivity index (χ1v) is 17.3. The molecular weight excluding hydrogens is 630 g/mol. The van der Waals surface area contributed by atoms with E-state index in [0.717, 1.165) is 57.4 Å². The summed E-state index contributed by atoms with van der Waals surface area (Å²) < 4.78 is 17.2. The highest BCUT2D eigenvalue weighted by atomic mass is 16.5. The quantitative estimate of drug-likeness (QED) is 0.175. The number of nitrogens with one attached hydrogen (secondary N) is 2. The number of ether oxygens (including phenoxy) is 3. The standard InChI is InChI=1S/C35H49N7O7/c1-4-28-34(46)40(2)29-23-37-35(39-32(29)42(28)25-8-5-6-9-25)38-27-12-11-24(22-30(27)47-3)33(45)36-15-19-48-20-21-49-26-13-17-41(18-14-26)16-7-10-31(43)44/h7,10-12,22-23,25-26,28H,4-6,8-9,13-21H2,1-3H3,(H,36,45)(H,43,44)(H,37,38,39)/b10-7+/t28-/m1/s1. The fourth-order valence-corrected chi connectivity index (χ4v) is 6.78. The molecule has 2 aromatic rings. The van der Waals surface area contributed by atoms with Gasteiger partial charge in [-0.2, -0.15) is 4.98 Å². The van der Waals surface area contributed by atoms with Gasteiger partial charge in [0.25, 0.3) is 5.91 Å². The Morgan fingerprint density at radius 1 is 1.10 bits per heavy atom. The summed E-state index contributed by atoms with van der Waals surface area (Å²) in [6.45, 7) is 6.01. The number of rotatable bonds is 16. The van der Waals surface area contributed by atoms with Crippen molar-refractivity contribution in [2.24, 2.45) is 0 Å². The predicted molar refractivity (Wildman–Crippen MR) is 186 cm³/mol. The molecular formula is C35H49N7O7. The Morgan fingerprint density at radius 3 is 2.59 bits per heavy atom. The Balaban J connectivity index is 1.08. The summed E-state index contributed by atoms with van der Waals surface area (Å²) in [5, 5.41) is 14.8. The molecule has 0 bridgehead atoms. The SMILES string of the molecule is CC[C@@H]1C(=O)N(C)c2cnc(Nc3ccc(C(=O)NCCOCCOC4CCN(C/C=C/C(=O)O)CC4)cc3OC)nc2N1C1CCCC1. The Kier molecular flexibility index (Phi) is 12.8. The average Bonchev–Trinajstić information content (AvgIpc) is 3.64. The number of aliphatic carboxylic acids is 1. The van der Waals surface area contributed by atoms with E-state index in [9.17, 15) is 14.4 Å².